The molecular weight excluding hydrogens is 248 g/mol. The van der Waals surface area contributed by atoms with Gasteiger partial charge in [0.15, 0.2) is 0 Å². The number of anilines is 2. The van der Waals surface area contributed by atoms with Gasteiger partial charge < -0.3 is 10.2 Å². The van der Waals surface area contributed by atoms with Crippen LogP contribution in [0.3, 0.4) is 0 Å². The molecule has 0 unspecified atom stereocenters. The summed E-state index contributed by atoms with van der Waals surface area (Å²) in [7, 11) is 0. The lowest BCUT2D eigenvalue weighted by atomic mass is 10.0. The van der Waals surface area contributed by atoms with Crippen LogP contribution in [0.5, 0.6) is 0 Å². The summed E-state index contributed by atoms with van der Waals surface area (Å²) in [4.78, 5) is 11.2. The molecule has 0 aliphatic carbocycles. The Morgan fingerprint density at radius 1 is 1.25 bits per heavy atom. The highest BCUT2D eigenvalue weighted by molar-refractivity contribution is 5.44. The van der Waals surface area contributed by atoms with Crippen LogP contribution < -0.4 is 10.2 Å². The van der Waals surface area contributed by atoms with Gasteiger partial charge in [0.05, 0.1) is 0 Å². The maximum Gasteiger partial charge on any atom is 0.227 e. The molecular formula is C16H18N4. The SMILES string of the molecule is C=CCNc1ccnc(N2CCc3ccccc3C2)n1. The van der Waals surface area contributed by atoms with E-state index in [2.05, 4.69) is 51.0 Å². The first kappa shape index (κ1) is 12.7. The maximum absolute atomic E-state index is 4.56. The molecule has 102 valence electrons. The lowest BCUT2D eigenvalue weighted by Crippen LogP contribution is -2.31. The monoisotopic (exact) mass is 266 g/mol. The summed E-state index contributed by atoms with van der Waals surface area (Å²) in [6.45, 7) is 6.24. The van der Waals surface area contributed by atoms with Crippen molar-refractivity contribution < 1.29 is 0 Å². The van der Waals surface area contributed by atoms with E-state index < -0.39 is 0 Å². The molecule has 0 fully saturated rings. The first-order chi connectivity index (χ1) is 9.86. The Kier molecular flexibility index (Phi) is 3.63. The highest BCUT2D eigenvalue weighted by atomic mass is 15.3. The minimum atomic E-state index is 0.708. The Bertz CT molecular complexity index is 609. The van der Waals surface area contributed by atoms with E-state index in [1.165, 1.54) is 11.1 Å². The van der Waals surface area contributed by atoms with Gasteiger partial charge in [-0.05, 0) is 23.6 Å². The molecule has 1 aliphatic heterocycles. The lowest BCUT2D eigenvalue weighted by Gasteiger charge is -2.28. The smallest absolute Gasteiger partial charge is 0.227 e. The van der Waals surface area contributed by atoms with Crippen molar-refractivity contribution >= 4 is 11.8 Å². The quantitative estimate of drug-likeness (QED) is 0.864. The molecule has 0 saturated heterocycles. The summed E-state index contributed by atoms with van der Waals surface area (Å²) < 4.78 is 0. The second-order valence-corrected chi connectivity index (χ2v) is 4.85. The number of benzene rings is 1. The van der Waals surface area contributed by atoms with Crippen molar-refractivity contribution in [3.8, 4) is 0 Å². The minimum absolute atomic E-state index is 0.708. The van der Waals surface area contributed by atoms with Crippen LogP contribution in [0.25, 0.3) is 0 Å². The number of nitrogens with zero attached hydrogens (tertiary/aromatic N) is 3. The van der Waals surface area contributed by atoms with Gasteiger partial charge in [0, 0.05) is 25.8 Å². The number of hydrogen-bond donors (Lipinski definition) is 1. The van der Waals surface area contributed by atoms with Crippen LogP contribution in [0.2, 0.25) is 0 Å². The molecule has 0 bridgehead atoms. The predicted octanol–water partition coefficient (Wildman–Crippen LogP) is 2.64. The number of fused-ring (bicyclic) bond motifs is 1. The van der Waals surface area contributed by atoms with Gasteiger partial charge in [0.1, 0.15) is 5.82 Å². The number of rotatable bonds is 4. The molecule has 1 N–H and O–H groups in total. The van der Waals surface area contributed by atoms with E-state index >= 15 is 0 Å². The Hall–Kier alpha value is -2.36. The third-order valence-corrected chi connectivity index (χ3v) is 3.48. The standard InChI is InChI=1S/C16H18N4/c1-2-9-17-15-7-10-18-16(19-15)20-11-8-13-5-3-4-6-14(13)12-20/h2-7,10H,1,8-9,11-12H2,(H,17,18,19). The second-order valence-electron chi connectivity index (χ2n) is 4.85. The first-order valence-corrected chi connectivity index (χ1v) is 6.86. The van der Waals surface area contributed by atoms with E-state index in [0.29, 0.717) is 6.54 Å². The number of hydrogen-bond acceptors (Lipinski definition) is 4. The third kappa shape index (κ3) is 2.64. The van der Waals surface area contributed by atoms with Gasteiger partial charge in [-0.3, -0.25) is 0 Å². The molecule has 4 heteroatoms. The van der Waals surface area contributed by atoms with E-state index in [1.54, 1.807) is 6.20 Å². The fourth-order valence-corrected chi connectivity index (χ4v) is 2.44. The number of aromatic nitrogens is 2. The molecule has 20 heavy (non-hydrogen) atoms. The molecule has 0 saturated carbocycles. The maximum atomic E-state index is 4.56. The largest absolute Gasteiger partial charge is 0.366 e. The van der Waals surface area contributed by atoms with Crippen molar-refractivity contribution in [1.29, 1.82) is 0 Å². The van der Waals surface area contributed by atoms with Crippen LogP contribution in [0.4, 0.5) is 11.8 Å². The molecule has 0 radical (unpaired) electrons. The van der Waals surface area contributed by atoms with Crippen LogP contribution in [-0.4, -0.2) is 23.1 Å². The Morgan fingerprint density at radius 2 is 2.10 bits per heavy atom. The Morgan fingerprint density at radius 3 is 2.95 bits per heavy atom. The molecule has 0 atom stereocenters. The van der Waals surface area contributed by atoms with Gasteiger partial charge in [0.2, 0.25) is 5.95 Å². The molecule has 0 spiro atoms. The van der Waals surface area contributed by atoms with Crippen LogP contribution in [0.15, 0.2) is 49.2 Å². The molecule has 1 aliphatic rings. The Labute approximate surface area is 119 Å². The highest BCUT2D eigenvalue weighted by Crippen LogP contribution is 2.22. The van der Waals surface area contributed by atoms with Crippen LogP contribution >= 0.6 is 0 Å². The molecule has 1 aromatic heterocycles. The lowest BCUT2D eigenvalue weighted by molar-refractivity contribution is 0.708. The summed E-state index contributed by atoms with van der Waals surface area (Å²) in [5, 5.41) is 3.20. The third-order valence-electron chi connectivity index (χ3n) is 3.48. The van der Waals surface area contributed by atoms with Gasteiger partial charge in [-0.2, -0.15) is 4.98 Å². The van der Waals surface area contributed by atoms with Crippen molar-refractivity contribution in [2.45, 2.75) is 13.0 Å². The molecule has 1 aromatic carbocycles. The first-order valence-electron chi connectivity index (χ1n) is 6.86. The van der Waals surface area contributed by atoms with E-state index in [1.807, 2.05) is 12.1 Å². The molecule has 0 amide bonds. The van der Waals surface area contributed by atoms with E-state index in [9.17, 15) is 0 Å². The van der Waals surface area contributed by atoms with Crippen LogP contribution in [-0.2, 0) is 13.0 Å². The second kappa shape index (κ2) is 5.74. The Balaban J connectivity index is 1.79. The average Bonchev–Trinajstić information content (AvgIpc) is 2.53. The highest BCUT2D eigenvalue weighted by Gasteiger charge is 2.17. The van der Waals surface area contributed by atoms with Crippen LogP contribution in [0, 0.1) is 0 Å². The summed E-state index contributed by atoms with van der Waals surface area (Å²) in [5.74, 6) is 1.63. The van der Waals surface area contributed by atoms with E-state index in [0.717, 1.165) is 31.3 Å². The van der Waals surface area contributed by atoms with E-state index in [-0.39, 0.29) is 0 Å². The zero-order valence-corrected chi connectivity index (χ0v) is 11.4. The topological polar surface area (TPSA) is 41.1 Å². The van der Waals surface area contributed by atoms with Crippen molar-refractivity contribution in [2.75, 3.05) is 23.3 Å². The van der Waals surface area contributed by atoms with E-state index in [4.69, 9.17) is 0 Å². The summed E-state index contributed by atoms with van der Waals surface area (Å²) >= 11 is 0. The van der Waals surface area contributed by atoms with Crippen molar-refractivity contribution in [3.05, 3.63) is 60.3 Å². The minimum Gasteiger partial charge on any atom is -0.366 e. The fraction of sp³-hybridized carbons (Fsp3) is 0.250. The molecule has 4 nitrogen and oxygen atoms in total. The van der Waals surface area contributed by atoms with Crippen molar-refractivity contribution in [3.63, 3.8) is 0 Å². The number of nitrogens with one attached hydrogen (secondary N) is 1. The van der Waals surface area contributed by atoms with Gasteiger partial charge in [-0.1, -0.05) is 30.3 Å². The fourth-order valence-electron chi connectivity index (χ4n) is 2.44. The summed E-state index contributed by atoms with van der Waals surface area (Å²) in [6, 6.07) is 10.5. The summed E-state index contributed by atoms with van der Waals surface area (Å²) in [5.41, 5.74) is 2.80. The molecule has 2 heterocycles. The van der Waals surface area contributed by atoms with Gasteiger partial charge in [-0.25, -0.2) is 4.98 Å². The zero-order valence-electron chi connectivity index (χ0n) is 11.4. The van der Waals surface area contributed by atoms with Crippen LogP contribution in [0.1, 0.15) is 11.1 Å². The zero-order chi connectivity index (χ0) is 13.8. The average molecular weight is 266 g/mol. The van der Waals surface area contributed by atoms with Crippen molar-refractivity contribution in [1.82, 2.24) is 9.97 Å². The van der Waals surface area contributed by atoms with Crippen molar-refractivity contribution in [2.24, 2.45) is 0 Å². The van der Waals surface area contributed by atoms with Gasteiger partial charge in [-0.15, -0.1) is 6.58 Å². The van der Waals surface area contributed by atoms with Gasteiger partial charge in [0.25, 0.3) is 0 Å². The normalized spacial score (nSPS) is 13.7. The van der Waals surface area contributed by atoms with Gasteiger partial charge >= 0.3 is 0 Å². The summed E-state index contributed by atoms with van der Waals surface area (Å²) in [6.07, 6.45) is 4.66. The molecule has 3 rings (SSSR count). The molecule has 2 aromatic rings. The predicted molar refractivity (Wildman–Crippen MR) is 81.9 cm³/mol.